The summed E-state index contributed by atoms with van der Waals surface area (Å²) in [7, 11) is 0. The maximum atomic E-state index is 11.8. The van der Waals surface area contributed by atoms with E-state index >= 15 is 0 Å². The number of nitrogens with zero attached hydrogens (tertiary/aromatic N) is 1. The van der Waals surface area contributed by atoms with Crippen molar-refractivity contribution < 1.29 is 27.9 Å². The van der Waals surface area contributed by atoms with Gasteiger partial charge in [0.25, 0.3) is 0 Å². The molecule has 0 aliphatic heterocycles. The fourth-order valence-corrected chi connectivity index (χ4v) is 1.50. The average Bonchev–Trinajstić information content (AvgIpc) is 1.98. The molecule has 94 valence electrons. The third-order valence-electron chi connectivity index (χ3n) is 1.41. The van der Waals surface area contributed by atoms with Gasteiger partial charge in [-0.25, -0.2) is 0 Å². The van der Waals surface area contributed by atoms with Crippen LogP contribution >= 0.6 is 11.8 Å². The summed E-state index contributed by atoms with van der Waals surface area (Å²) in [5, 5.41) is 8.43. The Morgan fingerprint density at radius 2 is 1.88 bits per heavy atom. The van der Waals surface area contributed by atoms with Crippen molar-refractivity contribution in [3.05, 3.63) is 0 Å². The second kappa shape index (κ2) is 6.59. The minimum absolute atomic E-state index is 0.167. The number of rotatable bonds is 7. The summed E-state index contributed by atoms with van der Waals surface area (Å²) < 4.78 is 35.3. The molecule has 0 radical (unpaired) electrons. The van der Waals surface area contributed by atoms with Crippen LogP contribution < -0.4 is 5.73 Å². The average molecular weight is 260 g/mol. The number of carbonyl (C=O) groups is 2. The van der Waals surface area contributed by atoms with Gasteiger partial charge < -0.3 is 10.8 Å². The van der Waals surface area contributed by atoms with Crippen molar-refractivity contribution in [2.24, 2.45) is 5.73 Å². The number of hydrogen-bond donors (Lipinski definition) is 2. The quantitative estimate of drug-likeness (QED) is 0.679. The van der Waals surface area contributed by atoms with Crippen molar-refractivity contribution in [3.8, 4) is 0 Å². The van der Waals surface area contributed by atoms with E-state index in [2.05, 4.69) is 0 Å². The molecule has 0 fully saturated rings. The molecule has 0 unspecified atom stereocenters. The molecule has 1 amide bonds. The largest absolute Gasteiger partial charge is 0.480 e. The molecule has 0 aromatic heterocycles. The number of hydrogen-bond acceptors (Lipinski definition) is 4. The third kappa shape index (κ3) is 9.59. The molecule has 9 heteroatoms. The van der Waals surface area contributed by atoms with E-state index in [-0.39, 0.29) is 30.6 Å². The summed E-state index contributed by atoms with van der Waals surface area (Å²) in [6, 6.07) is 0. The fraction of sp³-hybridized carbons (Fsp3) is 0.714. The van der Waals surface area contributed by atoms with Crippen molar-refractivity contribution >= 4 is 23.6 Å². The molecule has 0 saturated carbocycles. The van der Waals surface area contributed by atoms with Crippen molar-refractivity contribution in [1.29, 1.82) is 0 Å². The maximum Gasteiger partial charge on any atom is 0.441 e. The Bertz CT molecular complexity index is 244. The lowest BCUT2D eigenvalue weighted by Crippen LogP contribution is -2.38. The van der Waals surface area contributed by atoms with Crippen molar-refractivity contribution in [2.75, 3.05) is 25.4 Å². The van der Waals surface area contributed by atoms with Gasteiger partial charge in [-0.15, -0.1) is 0 Å². The second-order valence-corrected chi connectivity index (χ2v) is 4.02. The molecule has 5 nitrogen and oxygen atoms in total. The van der Waals surface area contributed by atoms with Crippen LogP contribution in [0.5, 0.6) is 0 Å². The highest BCUT2D eigenvalue weighted by atomic mass is 32.2. The predicted octanol–water partition coefficient (Wildman–Crippen LogP) is 0.111. The van der Waals surface area contributed by atoms with Gasteiger partial charge >= 0.3 is 11.5 Å². The Hall–Kier alpha value is -0.960. The van der Waals surface area contributed by atoms with Gasteiger partial charge in [-0.1, -0.05) is 0 Å². The molecule has 0 saturated heterocycles. The second-order valence-electron chi connectivity index (χ2n) is 2.86. The molecule has 0 spiro atoms. The number of nitrogens with two attached hydrogens (primary N) is 1. The molecule has 3 N–H and O–H groups in total. The van der Waals surface area contributed by atoms with Gasteiger partial charge in [0, 0.05) is 12.3 Å². The third-order valence-corrected chi connectivity index (χ3v) is 2.13. The van der Waals surface area contributed by atoms with Crippen LogP contribution in [0.4, 0.5) is 13.2 Å². The monoisotopic (exact) mass is 260 g/mol. The van der Waals surface area contributed by atoms with Gasteiger partial charge in [0.05, 0.1) is 13.1 Å². The number of amides is 1. The van der Waals surface area contributed by atoms with Gasteiger partial charge in [-0.3, -0.25) is 14.5 Å². The number of carboxylic acids is 1. The molecule has 0 aromatic carbocycles. The SMILES string of the molecule is NC(=O)CN(CCSC(F)(F)F)CC(=O)O. The van der Waals surface area contributed by atoms with Gasteiger partial charge in [0.1, 0.15) is 0 Å². The number of carboxylic acid groups (broad SMARTS) is 1. The lowest BCUT2D eigenvalue weighted by molar-refractivity contribution is -0.138. The van der Waals surface area contributed by atoms with E-state index in [1.165, 1.54) is 0 Å². The van der Waals surface area contributed by atoms with Crippen LogP contribution in [0.3, 0.4) is 0 Å². The minimum atomic E-state index is -4.36. The molecule has 0 rings (SSSR count). The minimum Gasteiger partial charge on any atom is -0.480 e. The fourth-order valence-electron chi connectivity index (χ4n) is 0.916. The van der Waals surface area contributed by atoms with E-state index in [0.717, 1.165) is 4.90 Å². The number of carbonyl (C=O) groups excluding carboxylic acids is 1. The number of alkyl halides is 3. The van der Waals surface area contributed by atoms with E-state index in [9.17, 15) is 22.8 Å². The van der Waals surface area contributed by atoms with Crippen LogP contribution in [0.15, 0.2) is 0 Å². The van der Waals surface area contributed by atoms with Crippen molar-refractivity contribution in [2.45, 2.75) is 5.51 Å². The van der Waals surface area contributed by atoms with Crippen LogP contribution in [-0.4, -0.2) is 52.8 Å². The molecule has 16 heavy (non-hydrogen) atoms. The van der Waals surface area contributed by atoms with E-state index in [1.807, 2.05) is 0 Å². The van der Waals surface area contributed by atoms with E-state index in [1.54, 1.807) is 0 Å². The highest BCUT2D eigenvalue weighted by molar-refractivity contribution is 8.00. The summed E-state index contributed by atoms with van der Waals surface area (Å²) in [6.45, 7) is -1.05. The molecule has 0 aliphatic rings. The Balaban J connectivity index is 4.01. The zero-order chi connectivity index (χ0) is 12.8. The first-order chi connectivity index (χ1) is 7.20. The first kappa shape index (κ1) is 15.0. The Morgan fingerprint density at radius 3 is 2.25 bits per heavy atom. The molecular formula is C7H11F3N2O3S. The van der Waals surface area contributed by atoms with Crippen LogP contribution in [0, 0.1) is 0 Å². The summed E-state index contributed by atoms with van der Waals surface area (Å²) in [5.41, 5.74) is 0.465. The first-order valence-electron chi connectivity index (χ1n) is 4.14. The van der Waals surface area contributed by atoms with Crippen molar-refractivity contribution in [1.82, 2.24) is 4.90 Å². The Morgan fingerprint density at radius 1 is 1.31 bits per heavy atom. The maximum absolute atomic E-state index is 11.8. The number of thioether (sulfide) groups is 1. The van der Waals surface area contributed by atoms with Crippen LogP contribution in [0.2, 0.25) is 0 Å². The smallest absolute Gasteiger partial charge is 0.441 e. The zero-order valence-corrected chi connectivity index (χ0v) is 8.98. The summed E-state index contributed by atoms with van der Waals surface area (Å²) in [6.07, 6.45) is 0. The molecule has 0 aliphatic carbocycles. The van der Waals surface area contributed by atoms with Gasteiger partial charge in [0.2, 0.25) is 5.91 Å². The molecule has 0 atom stereocenters. The van der Waals surface area contributed by atoms with Crippen LogP contribution in [0.25, 0.3) is 0 Å². The van der Waals surface area contributed by atoms with Gasteiger partial charge in [0.15, 0.2) is 0 Å². The molecule has 0 bridgehead atoms. The van der Waals surface area contributed by atoms with Gasteiger partial charge in [-0.2, -0.15) is 13.2 Å². The molecule has 0 heterocycles. The highest BCUT2D eigenvalue weighted by Gasteiger charge is 2.28. The molecule has 0 aromatic rings. The summed E-state index contributed by atoms with van der Waals surface area (Å²) in [5.74, 6) is -2.35. The van der Waals surface area contributed by atoms with Crippen LogP contribution in [0.1, 0.15) is 0 Å². The molecular weight excluding hydrogens is 249 g/mol. The number of primary amides is 1. The van der Waals surface area contributed by atoms with E-state index < -0.39 is 23.9 Å². The number of halogens is 3. The van der Waals surface area contributed by atoms with Crippen LogP contribution in [-0.2, 0) is 9.59 Å². The normalized spacial score (nSPS) is 11.8. The predicted molar refractivity (Wildman–Crippen MR) is 51.8 cm³/mol. The topological polar surface area (TPSA) is 83.6 Å². The number of aliphatic carboxylic acids is 1. The lowest BCUT2D eigenvalue weighted by atomic mass is 10.4. The highest BCUT2D eigenvalue weighted by Crippen LogP contribution is 2.29. The summed E-state index contributed by atoms with van der Waals surface area (Å²) >= 11 is -0.271. The summed E-state index contributed by atoms with van der Waals surface area (Å²) in [4.78, 5) is 21.9. The first-order valence-corrected chi connectivity index (χ1v) is 5.12. The Kier molecular flexibility index (Phi) is 6.19. The van der Waals surface area contributed by atoms with Gasteiger partial charge in [-0.05, 0) is 11.8 Å². The van der Waals surface area contributed by atoms with E-state index in [0.29, 0.717) is 0 Å². The Labute approximate surface area is 93.8 Å². The standard InChI is InChI=1S/C7H11F3N2O3S/c8-7(9,10)16-2-1-12(3-5(11)13)4-6(14)15/h1-4H2,(H2,11,13)(H,14,15). The zero-order valence-electron chi connectivity index (χ0n) is 8.16. The lowest BCUT2D eigenvalue weighted by Gasteiger charge is -2.18. The van der Waals surface area contributed by atoms with Crippen molar-refractivity contribution in [3.63, 3.8) is 0 Å². The van der Waals surface area contributed by atoms with E-state index in [4.69, 9.17) is 10.8 Å².